The van der Waals surface area contributed by atoms with Gasteiger partial charge in [0.2, 0.25) is 0 Å². The van der Waals surface area contributed by atoms with E-state index in [0.717, 1.165) is 31.7 Å². The van der Waals surface area contributed by atoms with Crippen LogP contribution in [-0.2, 0) is 0 Å². The Morgan fingerprint density at radius 2 is 1.95 bits per heavy atom. The van der Waals surface area contributed by atoms with Crippen molar-refractivity contribution in [2.45, 2.75) is 0 Å². The van der Waals surface area contributed by atoms with E-state index in [1.807, 2.05) is 24.3 Å². The van der Waals surface area contributed by atoms with E-state index in [1.54, 1.807) is 12.5 Å². The van der Waals surface area contributed by atoms with Crippen LogP contribution in [0.25, 0.3) is 32.6 Å². The molecule has 19 heavy (non-hydrogen) atoms. The number of nitrogens with one attached hydrogen (secondary N) is 2. The predicted octanol–water partition coefficient (Wildman–Crippen LogP) is 3.32. The normalized spacial score (nSPS) is 11.6. The molecule has 0 spiro atoms. The van der Waals surface area contributed by atoms with Crippen molar-refractivity contribution in [1.82, 2.24) is 15.0 Å². The molecular weight excluding hydrogens is 306 g/mol. The van der Waals surface area contributed by atoms with Crippen molar-refractivity contribution in [2.24, 2.45) is 0 Å². The molecule has 0 radical (unpaired) electrons. The van der Waals surface area contributed by atoms with Crippen molar-refractivity contribution < 1.29 is 0 Å². The van der Waals surface area contributed by atoms with Crippen molar-refractivity contribution in [1.29, 1.82) is 0 Å². The smallest absolute Gasteiger partial charge is 0.256 e. The van der Waals surface area contributed by atoms with E-state index < -0.39 is 0 Å². The maximum atomic E-state index is 12.2. The fraction of sp³-hybridized carbons (Fsp3) is 0. The van der Waals surface area contributed by atoms with Gasteiger partial charge in [-0.25, -0.2) is 4.98 Å². The largest absolute Gasteiger partial charge is 0.344 e. The third-order valence-corrected chi connectivity index (χ3v) is 3.87. The number of aromatic nitrogens is 3. The molecule has 0 aliphatic heterocycles. The van der Waals surface area contributed by atoms with Crippen LogP contribution in [0.5, 0.6) is 0 Å². The average molecular weight is 314 g/mol. The summed E-state index contributed by atoms with van der Waals surface area (Å²) in [6.45, 7) is 0. The van der Waals surface area contributed by atoms with E-state index in [9.17, 15) is 4.79 Å². The lowest BCUT2D eigenvalue weighted by Crippen LogP contribution is -2.05. The van der Waals surface area contributed by atoms with Gasteiger partial charge in [-0.05, 0) is 23.6 Å². The zero-order valence-electron chi connectivity index (χ0n) is 9.70. The molecule has 4 nitrogen and oxygen atoms in total. The maximum absolute atomic E-state index is 12.2. The van der Waals surface area contributed by atoms with Crippen molar-refractivity contribution in [2.75, 3.05) is 0 Å². The van der Waals surface area contributed by atoms with Gasteiger partial charge in [-0.2, -0.15) is 0 Å². The quantitative estimate of drug-likeness (QED) is 0.489. The molecule has 0 saturated heterocycles. The van der Waals surface area contributed by atoms with E-state index in [-0.39, 0.29) is 5.56 Å². The summed E-state index contributed by atoms with van der Waals surface area (Å²) < 4.78 is 0.948. The number of H-pyrrole nitrogens is 2. The highest BCUT2D eigenvalue weighted by Gasteiger charge is 2.12. The van der Waals surface area contributed by atoms with Crippen LogP contribution in [0.15, 0.2) is 46.1 Å². The third kappa shape index (κ3) is 1.39. The number of nitrogens with zero attached hydrogens (tertiary/aromatic N) is 1. The summed E-state index contributed by atoms with van der Waals surface area (Å²) in [7, 11) is 0. The summed E-state index contributed by atoms with van der Waals surface area (Å²) in [6, 6.07) is 7.81. The molecule has 2 aromatic carbocycles. The number of hydrogen-bond donors (Lipinski definition) is 2. The first-order valence-electron chi connectivity index (χ1n) is 5.81. The molecule has 0 saturated carbocycles. The highest BCUT2D eigenvalue weighted by Crippen LogP contribution is 2.32. The molecule has 0 amide bonds. The van der Waals surface area contributed by atoms with E-state index in [4.69, 9.17) is 0 Å². The highest BCUT2D eigenvalue weighted by molar-refractivity contribution is 9.10. The van der Waals surface area contributed by atoms with Crippen LogP contribution >= 0.6 is 15.9 Å². The molecular formula is C14H8BrN3O. The van der Waals surface area contributed by atoms with Crippen LogP contribution in [0.1, 0.15) is 0 Å². The van der Waals surface area contributed by atoms with E-state index in [2.05, 4.69) is 30.9 Å². The number of imidazole rings is 1. The fourth-order valence-electron chi connectivity index (χ4n) is 2.59. The summed E-state index contributed by atoms with van der Waals surface area (Å²) >= 11 is 3.46. The molecule has 92 valence electrons. The van der Waals surface area contributed by atoms with Gasteiger partial charge in [-0.3, -0.25) is 4.79 Å². The molecule has 5 heteroatoms. The number of hydrogen-bond acceptors (Lipinski definition) is 2. The van der Waals surface area contributed by atoms with Gasteiger partial charge in [0.25, 0.3) is 5.56 Å². The second kappa shape index (κ2) is 3.68. The Morgan fingerprint density at radius 3 is 2.84 bits per heavy atom. The van der Waals surface area contributed by atoms with E-state index >= 15 is 0 Å². The number of fused-ring (bicyclic) bond motifs is 6. The second-order valence-electron chi connectivity index (χ2n) is 4.41. The Bertz CT molecular complexity index is 1000. The Morgan fingerprint density at radius 1 is 1.05 bits per heavy atom. The summed E-state index contributed by atoms with van der Waals surface area (Å²) in [5, 5.41) is 3.46. The summed E-state index contributed by atoms with van der Waals surface area (Å²) in [4.78, 5) is 22.4. The van der Waals surface area contributed by atoms with Gasteiger partial charge in [-0.1, -0.05) is 22.0 Å². The molecule has 4 rings (SSSR count). The maximum Gasteiger partial charge on any atom is 0.256 e. The highest BCUT2D eigenvalue weighted by atomic mass is 79.9. The summed E-state index contributed by atoms with van der Waals surface area (Å²) in [6.07, 6.45) is 3.31. The zero-order chi connectivity index (χ0) is 13.0. The van der Waals surface area contributed by atoms with Gasteiger partial charge in [-0.15, -0.1) is 0 Å². The molecule has 2 aromatic heterocycles. The van der Waals surface area contributed by atoms with Crippen LogP contribution in [0.2, 0.25) is 0 Å². The van der Waals surface area contributed by atoms with Crippen molar-refractivity contribution in [3.8, 4) is 0 Å². The fourth-order valence-corrected chi connectivity index (χ4v) is 2.95. The Kier molecular flexibility index (Phi) is 2.08. The van der Waals surface area contributed by atoms with Crippen molar-refractivity contribution >= 4 is 48.5 Å². The lowest BCUT2D eigenvalue weighted by molar-refractivity contribution is 1.28. The van der Waals surface area contributed by atoms with Crippen LogP contribution in [-0.4, -0.2) is 15.0 Å². The molecule has 0 aliphatic carbocycles. The van der Waals surface area contributed by atoms with Gasteiger partial charge >= 0.3 is 0 Å². The van der Waals surface area contributed by atoms with Gasteiger partial charge in [0.1, 0.15) is 0 Å². The number of rotatable bonds is 0. The number of benzene rings is 2. The molecule has 0 unspecified atom stereocenters. The molecule has 0 fully saturated rings. The predicted molar refractivity (Wildman–Crippen MR) is 79.4 cm³/mol. The first-order valence-corrected chi connectivity index (χ1v) is 6.61. The monoisotopic (exact) mass is 313 g/mol. The minimum Gasteiger partial charge on any atom is -0.344 e. The van der Waals surface area contributed by atoms with Gasteiger partial charge in [0.15, 0.2) is 0 Å². The van der Waals surface area contributed by atoms with Crippen LogP contribution < -0.4 is 5.56 Å². The lowest BCUT2D eigenvalue weighted by Gasteiger charge is -2.05. The number of halogens is 1. The van der Waals surface area contributed by atoms with Crippen LogP contribution in [0.4, 0.5) is 0 Å². The van der Waals surface area contributed by atoms with Crippen molar-refractivity contribution in [3.05, 3.63) is 51.6 Å². The number of aromatic amines is 2. The molecule has 0 atom stereocenters. The summed E-state index contributed by atoms with van der Waals surface area (Å²) in [5.41, 5.74) is 1.70. The number of pyridine rings is 1. The summed E-state index contributed by atoms with van der Waals surface area (Å²) in [5.74, 6) is 0. The average Bonchev–Trinajstić information content (AvgIpc) is 2.88. The molecule has 4 aromatic rings. The van der Waals surface area contributed by atoms with E-state index in [0.29, 0.717) is 5.39 Å². The SMILES string of the molecule is O=c1[nH]ccc2c3nc[nH]c3c3ccc(Br)cc3c12. The third-order valence-electron chi connectivity index (χ3n) is 3.38. The topological polar surface area (TPSA) is 61.5 Å². The molecule has 2 heterocycles. The Labute approximate surface area is 115 Å². The van der Waals surface area contributed by atoms with Crippen molar-refractivity contribution in [3.63, 3.8) is 0 Å². The Hall–Kier alpha value is -2.14. The first kappa shape index (κ1) is 10.8. The van der Waals surface area contributed by atoms with Gasteiger partial charge in [0.05, 0.1) is 22.7 Å². The van der Waals surface area contributed by atoms with Crippen LogP contribution in [0, 0.1) is 0 Å². The van der Waals surface area contributed by atoms with Gasteiger partial charge in [0, 0.05) is 21.4 Å². The van der Waals surface area contributed by atoms with Gasteiger partial charge < -0.3 is 9.97 Å². The second-order valence-corrected chi connectivity index (χ2v) is 5.33. The molecule has 0 bridgehead atoms. The minimum atomic E-state index is -0.0921. The van der Waals surface area contributed by atoms with Crippen LogP contribution in [0.3, 0.4) is 0 Å². The Balaban J connectivity index is 2.50. The lowest BCUT2D eigenvalue weighted by atomic mass is 10.0. The first-order chi connectivity index (χ1) is 9.25. The molecule has 0 aliphatic rings. The zero-order valence-corrected chi connectivity index (χ0v) is 11.3. The molecule has 2 N–H and O–H groups in total. The minimum absolute atomic E-state index is 0.0921. The standard InChI is InChI=1S/C14H8BrN3O/c15-7-1-2-8-10(5-7)11-9(3-4-16-14(11)19)13-12(8)17-6-18-13/h1-6H,(H,16,19)(H,17,18). The van der Waals surface area contributed by atoms with E-state index in [1.165, 1.54) is 0 Å².